The van der Waals surface area contributed by atoms with E-state index in [4.69, 9.17) is 0 Å². The number of amides is 1. The van der Waals surface area contributed by atoms with Gasteiger partial charge in [-0.05, 0) is 38.9 Å². The van der Waals surface area contributed by atoms with Gasteiger partial charge in [0.1, 0.15) is 5.69 Å². The molecule has 0 aromatic carbocycles. The Morgan fingerprint density at radius 3 is 2.65 bits per heavy atom. The minimum Gasteiger partial charge on any atom is -0.357 e. The topological polar surface area (TPSA) is 61.0 Å². The van der Waals surface area contributed by atoms with Crippen LogP contribution in [0.5, 0.6) is 0 Å². The number of hydrogen-bond donors (Lipinski definition) is 2. The van der Waals surface area contributed by atoms with Crippen LogP contribution < -0.4 is 5.32 Å². The molecule has 1 fully saturated rings. The molecule has 128 valence electrons. The first-order chi connectivity index (χ1) is 10.1. The Hall–Kier alpha value is -1.08. The van der Waals surface area contributed by atoms with Gasteiger partial charge in [0.05, 0.1) is 10.7 Å². The monoisotopic (exact) mass is 376 g/mol. The molecule has 2 aromatic heterocycles. The summed E-state index contributed by atoms with van der Waals surface area (Å²) in [6.07, 6.45) is 3.89. The molecular formula is C15H22Cl2N4OS. The molecular weight excluding hydrogens is 355 g/mol. The third-order valence-corrected chi connectivity index (χ3v) is 4.78. The minimum absolute atomic E-state index is 0. The van der Waals surface area contributed by atoms with Crippen LogP contribution in [0.3, 0.4) is 0 Å². The summed E-state index contributed by atoms with van der Waals surface area (Å²) in [5, 5.41) is 6.37. The Labute approximate surface area is 152 Å². The van der Waals surface area contributed by atoms with E-state index in [-0.39, 0.29) is 30.7 Å². The van der Waals surface area contributed by atoms with Gasteiger partial charge < -0.3 is 15.2 Å². The average molecular weight is 377 g/mol. The number of carbonyl (C=O) groups excluding carboxylic acids is 1. The summed E-state index contributed by atoms with van der Waals surface area (Å²) < 4.78 is 0. The average Bonchev–Trinajstić information content (AvgIpc) is 3.15. The predicted octanol–water partition coefficient (Wildman–Crippen LogP) is 3.11. The number of piperidine rings is 1. The molecule has 0 saturated carbocycles. The number of aromatic amines is 1. The molecule has 0 atom stereocenters. The summed E-state index contributed by atoms with van der Waals surface area (Å²) in [6.45, 7) is 3.95. The van der Waals surface area contributed by atoms with Crippen molar-refractivity contribution in [2.24, 2.45) is 0 Å². The molecule has 23 heavy (non-hydrogen) atoms. The molecule has 2 aromatic rings. The smallest absolute Gasteiger partial charge is 0.270 e. The van der Waals surface area contributed by atoms with Gasteiger partial charge in [-0.25, -0.2) is 4.98 Å². The van der Waals surface area contributed by atoms with Crippen LogP contribution >= 0.6 is 36.2 Å². The summed E-state index contributed by atoms with van der Waals surface area (Å²) in [4.78, 5) is 22.0. The van der Waals surface area contributed by atoms with E-state index in [1.807, 2.05) is 36.5 Å². The van der Waals surface area contributed by atoms with Crippen molar-refractivity contribution in [1.29, 1.82) is 0 Å². The van der Waals surface area contributed by atoms with Gasteiger partial charge in [-0.3, -0.25) is 4.79 Å². The lowest BCUT2D eigenvalue weighted by Crippen LogP contribution is -2.44. The number of aromatic nitrogens is 2. The van der Waals surface area contributed by atoms with E-state index < -0.39 is 0 Å². The molecule has 1 aliphatic rings. The number of rotatable bonds is 3. The molecule has 2 N–H and O–H groups in total. The van der Waals surface area contributed by atoms with Gasteiger partial charge in [0.15, 0.2) is 0 Å². The van der Waals surface area contributed by atoms with E-state index in [0.717, 1.165) is 42.2 Å². The normalized spacial score (nSPS) is 14.7. The Kier molecular flexibility index (Phi) is 7.54. The second-order valence-corrected chi connectivity index (χ2v) is 6.51. The summed E-state index contributed by atoms with van der Waals surface area (Å²) >= 11 is 1.62. The number of carbonyl (C=O) groups is 1. The zero-order valence-electron chi connectivity index (χ0n) is 13.2. The number of nitrogens with one attached hydrogen (secondary N) is 2. The van der Waals surface area contributed by atoms with Crippen molar-refractivity contribution in [3.8, 4) is 11.3 Å². The summed E-state index contributed by atoms with van der Waals surface area (Å²) in [6, 6.07) is 2.22. The SMILES string of the molecule is Cc1nc(-c2c[nH]c(C(=O)N(C)C3CCNCC3)c2)cs1.Cl.Cl. The van der Waals surface area contributed by atoms with Gasteiger partial charge in [-0.2, -0.15) is 0 Å². The molecule has 3 heterocycles. The van der Waals surface area contributed by atoms with Crippen LogP contribution in [0.4, 0.5) is 0 Å². The highest BCUT2D eigenvalue weighted by atomic mass is 35.5. The summed E-state index contributed by atoms with van der Waals surface area (Å²) in [5.41, 5.74) is 2.54. The van der Waals surface area contributed by atoms with Crippen molar-refractivity contribution in [3.05, 3.63) is 28.3 Å². The number of H-pyrrole nitrogens is 1. The second kappa shape index (κ2) is 8.68. The lowest BCUT2D eigenvalue weighted by atomic mass is 10.1. The minimum atomic E-state index is 0. The molecule has 1 saturated heterocycles. The van der Waals surface area contributed by atoms with Gasteiger partial charge in [0.25, 0.3) is 5.91 Å². The zero-order chi connectivity index (χ0) is 14.8. The number of nitrogens with zero attached hydrogens (tertiary/aromatic N) is 2. The van der Waals surface area contributed by atoms with Crippen LogP contribution in [0.2, 0.25) is 0 Å². The summed E-state index contributed by atoms with van der Waals surface area (Å²) in [7, 11) is 1.89. The van der Waals surface area contributed by atoms with Crippen molar-refractivity contribution in [2.45, 2.75) is 25.8 Å². The van der Waals surface area contributed by atoms with E-state index in [1.54, 1.807) is 11.3 Å². The lowest BCUT2D eigenvalue weighted by molar-refractivity contribution is 0.0698. The van der Waals surface area contributed by atoms with Crippen molar-refractivity contribution in [3.63, 3.8) is 0 Å². The van der Waals surface area contributed by atoms with Crippen molar-refractivity contribution in [1.82, 2.24) is 20.2 Å². The van der Waals surface area contributed by atoms with E-state index >= 15 is 0 Å². The molecule has 0 radical (unpaired) electrons. The van der Waals surface area contributed by atoms with E-state index in [0.29, 0.717) is 11.7 Å². The standard InChI is InChI=1S/C15H20N4OS.2ClH/c1-10-18-14(9-21-10)11-7-13(17-8-11)15(20)19(2)12-3-5-16-6-4-12;;/h7-9,12,16-17H,3-6H2,1-2H3;2*1H. The van der Waals surface area contributed by atoms with Gasteiger partial charge in [-0.15, -0.1) is 36.2 Å². The predicted molar refractivity (Wildman–Crippen MR) is 99.1 cm³/mol. The van der Waals surface area contributed by atoms with Crippen molar-refractivity contribution < 1.29 is 4.79 Å². The fourth-order valence-corrected chi connectivity index (χ4v) is 3.33. The highest BCUT2D eigenvalue weighted by molar-refractivity contribution is 7.09. The molecule has 5 nitrogen and oxygen atoms in total. The van der Waals surface area contributed by atoms with Crippen LogP contribution in [0, 0.1) is 6.92 Å². The van der Waals surface area contributed by atoms with Gasteiger partial charge in [0.2, 0.25) is 0 Å². The van der Waals surface area contributed by atoms with Gasteiger partial charge in [-0.1, -0.05) is 0 Å². The fraction of sp³-hybridized carbons (Fsp3) is 0.467. The van der Waals surface area contributed by atoms with Crippen LogP contribution in [0.25, 0.3) is 11.3 Å². The highest BCUT2D eigenvalue weighted by Gasteiger charge is 2.23. The van der Waals surface area contributed by atoms with E-state index in [9.17, 15) is 4.79 Å². The maximum absolute atomic E-state index is 12.6. The number of thiazole rings is 1. The van der Waals surface area contributed by atoms with E-state index in [1.165, 1.54) is 0 Å². The lowest BCUT2D eigenvalue weighted by Gasteiger charge is -2.31. The Morgan fingerprint density at radius 1 is 1.35 bits per heavy atom. The first-order valence-corrected chi connectivity index (χ1v) is 8.12. The molecule has 0 spiro atoms. The van der Waals surface area contributed by atoms with Gasteiger partial charge in [0, 0.05) is 30.2 Å². The Bertz CT molecular complexity index is 637. The van der Waals surface area contributed by atoms with E-state index in [2.05, 4.69) is 15.3 Å². The van der Waals surface area contributed by atoms with Crippen LogP contribution in [0.15, 0.2) is 17.6 Å². The fourth-order valence-electron chi connectivity index (χ4n) is 2.71. The maximum Gasteiger partial charge on any atom is 0.270 e. The van der Waals surface area contributed by atoms with Crippen LogP contribution in [-0.4, -0.2) is 47.0 Å². The zero-order valence-corrected chi connectivity index (χ0v) is 15.6. The summed E-state index contributed by atoms with van der Waals surface area (Å²) in [5.74, 6) is 0.0556. The maximum atomic E-state index is 12.6. The number of hydrogen-bond acceptors (Lipinski definition) is 4. The molecule has 8 heteroatoms. The first-order valence-electron chi connectivity index (χ1n) is 7.24. The second-order valence-electron chi connectivity index (χ2n) is 5.45. The molecule has 1 aliphatic heterocycles. The third kappa shape index (κ3) is 4.47. The molecule has 1 amide bonds. The quantitative estimate of drug-likeness (QED) is 0.864. The molecule has 0 bridgehead atoms. The van der Waals surface area contributed by atoms with Crippen LogP contribution in [0.1, 0.15) is 28.3 Å². The van der Waals surface area contributed by atoms with Gasteiger partial charge >= 0.3 is 0 Å². The number of aryl methyl sites for hydroxylation is 1. The van der Waals surface area contributed by atoms with Crippen molar-refractivity contribution in [2.75, 3.05) is 20.1 Å². The first kappa shape index (κ1) is 20.0. The number of halogens is 2. The van der Waals surface area contributed by atoms with Crippen LogP contribution in [-0.2, 0) is 0 Å². The molecule has 0 aliphatic carbocycles. The molecule has 0 unspecified atom stereocenters. The largest absolute Gasteiger partial charge is 0.357 e. The third-order valence-electron chi connectivity index (χ3n) is 4.00. The van der Waals surface area contributed by atoms with Crippen molar-refractivity contribution >= 4 is 42.1 Å². The Morgan fingerprint density at radius 2 is 2.04 bits per heavy atom. The molecule has 3 rings (SSSR count). The highest BCUT2D eigenvalue weighted by Crippen LogP contribution is 2.23. The Balaban J connectivity index is 0.00000132.